The normalized spacial score (nSPS) is 13.3. The number of rotatable bonds is 2. The molecule has 2 rings (SSSR count). The summed E-state index contributed by atoms with van der Waals surface area (Å²) in [5.74, 6) is -0.292. The molecule has 0 heterocycles. The summed E-state index contributed by atoms with van der Waals surface area (Å²) >= 11 is 9.65. The van der Waals surface area contributed by atoms with Crippen LogP contribution < -0.4 is 0 Å². The Bertz CT molecular complexity index is 579. The average Bonchev–Trinajstić information content (AvgIpc) is 2.37. The molecule has 2 aromatic rings. The van der Waals surface area contributed by atoms with E-state index in [4.69, 9.17) is 11.6 Å². The molecule has 0 radical (unpaired) electrons. The monoisotopic (exact) mass is 354 g/mol. The van der Waals surface area contributed by atoms with Crippen LogP contribution in [0.15, 0.2) is 42.5 Å². The lowest BCUT2D eigenvalue weighted by molar-refractivity contribution is 0.590. The molecule has 3 heteroatoms. The minimum absolute atomic E-state index is 0.107. The molecule has 0 fully saturated rings. The van der Waals surface area contributed by atoms with E-state index in [0.29, 0.717) is 10.6 Å². The minimum Gasteiger partial charge on any atom is -0.207 e. The number of benzene rings is 2. The summed E-state index contributed by atoms with van der Waals surface area (Å²) in [6.45, 7) is 6.50. The van der Waals surface area contributed by atoms with Crippen LogP contribution in [0, 0.1) is 5.82 Å². The molecule has 0 nitrogen and oxygen atoms in total. The number of alkyl halides is 1. The Morgan fingerprint density at radius 2 is 1.65 bits per heavy atom. The van der Waals surface area contributed by atoms with E-state index in [0.717, 1.165) is 5.56 Å². The highest BCUT2D eigenvalue weighted by Crippen LogP contribution is 2.37. The van der Waals surface area contributed by atoms with Gasteiger partial charge in [0.05, 0.1) is 4.83 Å². The van der Waals surface area contributed by atoms with Crippen LogP contribution in [0.5, 0.6) is 0 Å². The molecule has 0 saturated carbocycles. The lowest BCUT2D eigenvalue weighted by atomic mass is 9.86. The first-order valence-electron chi connectivity index (χ1n) is 6.49. The van der Waals surface area contributed by atoms with Crippen LogP contribution in [0.25, 0.3) is 0 Å². The predicted octanol–water partition coefficient (Wildman–Crippen LogP) is 6.26. The van der Waals surface area contributed by atoms with Crippen LogP contribution in [0.2, 0.25) is 5.02 Å². The maximum absolute atomic E-state index is 13.9. The lowest BCUT2D eigenvalue weighted by Crippen LogP contribution is -2.10. The molecule has 0 N–H and O–H groups in total. The lowest BCUT2D eigenvalue weighted by Gasteiger charge is -2.20. The van der Waals surface area contributed by atoms with E-state index in [9.17, 15) is 4.39 Å². The Kier molecular flexibility index (Phi) is 4.55. The van der Waals surface area contributed by atoms with Gasteiger partial charge in [0.2, 0.25) is 0 Å². The van der Waals surface area contributed by atoms with E-state index in [1.165, 1.54) is 11.6 Å². The maximum atomic E-state index is 13.9. The van der Waals surface area contributed by atoms with Gasteiger partial charge in [-0.3, -0.25) is 0 Å². The first kappa shape index (κ1) is 15.5. The standard InChI is InChI=1S/C17H17BrClF/c1-17(2,3)12-9-7-11(8-10-12)16(18)15-13(19)5-4-6-14(15)20/h4-10,16H,1-3H3. The maximum Gasteiger partial charge on any atom is 0.129 e. The van der Waals surface area contributed by atoms with E-state index in [1.54, 1.807) is 12.1 Å². The second-order valence-electron chi connectivity index (χ2n) is 5.87. The van der Waals surface area contributed by atoms with Crippen molar-refractivity contribution in [3.8, 4) is 0 Å². The highest BCUT2D eigenvalue weighted by molar-refractivity contribution is 9.09. The summed E-state index contributed by atoms with van der Waals surface area (Å²) in [7, 11) is 0. The second-order valence-corrected chi connectivity index (χ2v) is 7.19. The third-order valence-electron chi connectivity index (χ3n) is 3.32. The number of hydrogen-bond donors (Lipinski definition) is 0. The molecule has 2 aromatic carbocycles. The molecule has 1 atom stereocenters. The summed E-state index contributed by atoms with van der Waals surface area (Å²) in [4.78, 5) is -0.245. The first-order chi connectivity index (χ1) is 9.30. The molecule has 0 saturated heterocycles. The zero-order chi connectivity index (χ0) is 14.9. The molecule has 0 aliphatic heterocycles. The first-order valence-corrected chi connectivity index (χ1v) is 7.78. The third kappa shape index (κ3) is 3.24. The van der Waals surface area contributed by atoms with E-state index < -0.39 is 0 Å². The zero-order valence-electron chi connectivity index (χ0n) is 11.8. The SMILES string of the molecule is CC(C)(C)c1ccc(C(Br)c2c(F)cccc2Cl)cc1. The summed E-state index contributed by atoms with van der Waals surface area (Å²) < 4.78 is 13.9. The molecule has 0 bridgehead atoms. The van der Waals surface area contributed by atoms with Crippen LogP contribution in [0.3, 0.4) is 0 Å². The minimum atomic E-state index is -0.292. The van der Waals surface area contributed by atoms with Crippen LogP contribution in [0.1, 0.15) is 42.3 Å². The van der Waals surface area contributed by atoms with Gasteiger partial charge in [-0.25, -0.2) is 4.39 Å². The van der Waals surface area contributed by atoms with Crippen LogP contribution in [-0.2, 0) is 5.41 Å². The molecule has 0 spiro atoms. The van der Waals surface area contributed by atoms with Crippen molar-refractivity contribution in [1.82, 2.24) is 0 Å². The molecule has 20 heavy (non-hydrogen) atoms. The Morgan fingerprint density at radius 1 is 1.05 bits per heavy atom. The van der Waals surface area contributed by atoms with Gasteiger partial charge in [0.1, 0.15) is 5.82 Å². The van der Waals surface area contributed by atoms with Crippen molar-refractivity contribution < 1.29 is 4.39 Å². The van der Waals surface area contributed by atoms with Crippen molar-refractivity contribution in [2.24, 2.45) is 0 Å². The summed E-state index contributed by atoms with van der Waals surface area (Å²) in [5, 5.41) is 0.437. The van der Waals surface area contributed by atoms with Crippen LogP contribution in [-0.4, -0.2) is 0 Å². The van der Waals surface area contributed by atoms with Gasteiger partial charge in [0.15, 0.2) is 0 Å². The van der Waals surface area contributed by atoms with Crippen molar-refractivity contribution >= 4 is 27.5 Å². The fourth-order valence-corrected chi connectivity index (χ4v) is 3.25. The summed E-state index contributed by atoms with van der Waals surface area (Å²) in [6, 6.07) is 12.9. The van der Waals surface area contributed by atoms with Gasteiger partial charge >= 0.3 is 0 Å². The summed E-state index contributed by atoms with van der Waals surface area (Å²) in [5.41, 5.74) is 2.83. The molecular weight excluding hydrogens is 339 g/mol. The largest absolute Gasteiger partial charge is 0.207 e. The van der Waals surface area contributed by atoms with Crippen molar-refractivity contribution in [3.63, 3.8) is 0 Å². The van der Waals surface area contributed by atoms with Crippen molar-refractivity contribution in [1.29, 1.82) is 0 Å². The van der Waals surface area contributed by atoms with Gasteiger partial charge in [-0.1, -0.05) is 78.6 Å². The van der Waals surface area contributed by atoms with Crippen LogP contribution >= 0.6 is 27.5 Å². The Hall–Kier alpha value is -0.860. The molecule has 1 unspecified atom stereocenters. The van der Waals surface area contributed by atoms with E-state index in [-0.39, 0.29) is 16.1 Å². The van der Waals surface area contributed by atoms with Crippen LogP contribution in [0.4, 0.5) is 4.39 Å². The Balaban J connectivity index is 2.37. The van der Waals surface area contributed by atoms with E-state index >= 15 is 0 Å². The van der Waals surface area contributed by atoms with E-state index in [1.807, 2.05) is 12.1 Å². The molecular formula is C17H17BrClF. The van der Waals surface area contributed by atoms with Gasteiger partial charge < -0.3 is 0 Å². The average molecular weight is 356 g/mol. The van der Waals surface area contributed by atoms with Gasteiger partial charge in [-0.15, -0.1) is 0 Å². The number of hydrogen-bond acceptors (Lipinski definition) is 0. The molecule has 0 aliphatic rings. The van der Waals surface area contributed by atoms with Gasteiger partial charge in [-0.05, 0) is 28.7 Å². The summed E-state index contributed by atoms with van der Waals surface area (Å²) in [6.07, 6.45) is 0. The number of halogens is 3. The zero-order valence-corrected chi connectivity index (χ0v) is 14.1. The van der Waals surface area contributed by atoms with Crippen molar-refractivity contribution in [2.45, 2.75) is 31.0 Å². The second kappa shape index (κ2) is 5.87. The Morgan fingerprint density at radius 3 is 2.15 bits per heavy atom. The molecule has 0 aliphatic carbocycles. The Labute approximate surface area is 133 Å². The van der Waals surface area contributed by atoms with Crippen molar-refractivity contribution in [3.05, 3.63) is 70.0 Å². The smallest absolute Gasteiger partial charge is 0.129 e. The molecule has 106 valence electrons. The van der Waals surface area contributed by atoms with Crippen molar-refractivity contribution in [2.75, 3.05) is 0 Å². The third-order valence-corrected chi connectivity index (χ3v) is 4.64. The van der Waals surface area contributed by atoms with E-state index in [2.05, 4.69) is 48.8 Å². The fraction of sp³-hybridized carbons (Fsp3) is 0.294. The quantitative estimate of drug-likeness (QED) is 0.558. The molecule has 0 amide bonds. The van der Waals surface area contributed by atoms with Gasteiger partial charge in [-0.2, -0.15) is 0 Å². The highest BCUT2D eigenvalue weighted by atomic mass is 79.9. The van der Waals surface area contributed by atoms with Gasteiger partial charge in [0.25, 0.3) is 0 Å². The fourth-order valence-electron chi connectivity index (χ4n) is 2.07. The molecule has 0 aromatic heterocycles. The van der Waals surface area contributed by atoms with Gasteiger partial charge in [0, 0.05) is 10.6 Å². The topological polar surface area (TPSA) is 0 Å². The highest BCUT2D eigenvalue weighted by Gasteiger charge is 2.19. The predicted molar refractivity (Wildman–Crippen MR) is 87.3 cm³/mol.